The minimum absolute atomic E-state index is 0.0194. The summed E-state index contributed by atoms with van der Waals surface area (Å²) in [7, 11) is 0. The van der Waals surface area contributed by atoms with E-state index in [9.17, 15) is 13.2 Å². The minimum atomic E-state index is -4.54. The van der Waals surface area contributed by atoms with Crippen molar-refractivity contribution in [3.8, 4) is 0 Å². The zero-order chi connectivity index (χ0) is 18.9. The molecule has 0 amide bonds. The van der Waals surface area contributed by atoms with Gasteiger partial charge in [0.05, 0.1) is 23.0 Å². The molecule has 144 valence electrons. The Bertz CT molecular complexity index is 720. The van der Waals surface area contributed by atoms with Crippen LogP contribution in [0.1, 0.15) is 37.9 Å². The number of hydrogen-bond donors (Lipinski definition) is 3. The third-order valence-corrected chi connectivity index (χ3v) is 4.71. The lowest BCUT2D eigenvalue weighted by molar-refractivity contribution is -0.101. The summed E-state index contributed by atoms with van der Waals surface area (Å²) in [6.07, 6.45) is -0.0692. The van der Waals surface area contributed by atoms with Crippen molar-refractivity contribution in [3.05, 3.63) is 23.7 Å². The van der Waals surface area contributed by atoms with E-state index in [-0.39, 0.29) is 18.4 Å². The summed E-state index contributed by atoms with van der Waals surface area (Å²) in [4.78, 5) is 4.07. The average molecular weight is 372 g/mol. The molecule has 1 fully saturated rings. The first-order valence-corrected chi connectivity index (χ1v) is 8.56. The molecule has 10 heteroatoms. The highest BCUT2D eigenvalue weighted by molar-refractivity contribution is 5.95. The number of ether oxygens (including phenoxy) is 1. The van der Waals surface area contributed by atoms with E-state index in [1.54, 1.807) is 6.92 Å². The SMILES string of the molecule is CCC1(N)N=C(Nc2cn(C3CCOCC3)nc2C)NC=C1C(F)(F)F. The maximum Gasteiger partial charge on any atom is 0.417 e. The highest BCUT2D eigenvalue weighted by atomic mass is 19.4. The molecule has 4 N–H and O–H groups in total. The zero-order valence-electron chi connectivity index (χ0n) is 14.7. The van der Waals surface area contributed by atoms with Crippen molar-refractivity contribution < 1.29 is 17.9 Å². The molecular weight excluding hydrogens is 349 g/mol. The molecule has 0 aliphatic carbocycles. The van der Waals surface area contributed by atoms with Gasteiger partial charge in [-0.05, 0) is 26.2 Å². The second-order valence-electron chi connectivity index (χ2n) is 6.52. The quantitative estimate of drug-likeness (QED) is 0.758. The number of alkyl halides is 3. The summed E-state index contributed by atoms with van der Waals surface area (Å²) >= 11 is 0. The van der Waals surface area contributed by atoms with E-state index in [0.29, 0.717) is 18.9 Å². The fourth-order valence-electron chi connectivity index (χ4n) is 3.09. The van der Waals surface area contributed by atoms with Gasteiger partial charge in [-0.1, -0.05) is 6.92 Å². The number of hydrogen-bond acceptors (Lipinski definition) is 6. The molecule has 1 unspecified atom stereocenters. The largest absolute Gasteiger partial charge is 0.417 e. The lowest BCUT2D eigenvalue weighted by atomic mass is 9.97. The number of rotatable bonds is 3. The Morgan fingerprint density at radius 2 is 2.12 bits per heavy atom. The molecular formula is C16H23F3N6O. The van der Waals surface area contributed by atoms with E-state index in [1.807, 2.05) is 17.8 Å². The first-order chi connectivity index (χ1) is 12.2. The van der Waals surface area contributed by atoms with E-state index in [4.69, 9.17) is 10.5 Å². The molecule has 0 saturated carbocycles. The van der Waals surface area contributed by atoms with Crippen LogP contribution >= 0.6 is 0 Å². The van der Waals surface area contributed by atoms with Crippen LogP contribution in [0.3, 0.4) is 0 Å². The first-order valence-electron chi connectivity index (χ1n) is 8.56. The number of halogens is 3. The second kappa shape index (κ2) is 6.92. The van der Waals surface area contributed by atoms with Crippen LogP contribution in [0, 0.1) is 6.92 Å². The van der Waals surface area contributed by atoms with Crippen molar-refractivity contribution in [2.45, 2.75) is 51.0 Å². The number of nitrogens with two attached hydrogens (primary N) is 1. The third-order valence-electron chi connectivity index (χ3n) is 4.71. The van der Waals surface area contributed by atoms with Crippen LogP contribution in [0.2, 0.25) is 0 Å². The maximum absolute atomic E-state index is 13.1. The van der Waals surface area contributed by atoms with Gasteiger partial charge < -0.3 is 21.1 Å². The normalized spacial score (nSPS) is 24.7. The molecule has 3 rings (SSSR count). The van der Waals surface area contributed by atoms with Crippen molar-refractivity contribution in [3.63, 3.8) is 0 Å². The number of nitrogens with zero attached hydrogens (tertiary/aromatic N) is 3. The molecule has 1 aromatic rings. The lowest BCUT2D eigenvalue weighted by Crippen LogP contribution is -2.51. The van der Waals surface area contributed by atoms with E-state index < -0.39 is 17.4 Å². The van der Waals surface area contributed by atoms with Crippen molar-refractivity contribution in [1.29, 1.82) is 0 Å². The van der Waals surface area contributed by atoms with Crippen LogP contribution in [-0.2, 0) is 4.74 Å². The van der Waals surface area contributed by atoms with Gasteiger partial charge in [0.15, 0.2) is 0 Å². The molecule has 7 nitrogen and oxygen atoms in total. The summed E-state index contributed by atoms with van der Waals surface area (Å²) in [5.41, 5.74) is 4.58. The molecule has 1 saturated heterocycles. The van der Waals surface area contributed by atoms with Gasteiger partial charge in [0.2, 0.25) is 5.96 Å². The van der Waals surface area contributed by atoms with Crippen LogP contribution < -0.4 is 16.4 Å². The van der Waals surface area contributed by atoms with Crippen LogP contribution in [0.5, 0.6) is 0 Å². The Balaban J connectivity index is 1.78. The highest BCUT2D eigenvalue weighted by Crippen LogP contribution is 2.36. The van der Waals surface area contributed by atoms with Gasteiger partial charge in [0.1, 0.15) is 5.66 Å². The van der Waals surface area contributed by atoms with E-state index in [2.05, 4.69) is 20.7 Å². The molecule has 1 atom stereocenters. The molecule has 2 aliphatic heterocycles. The van der Waals surface area contributed by atoms with Crippen molar-refractivity contribution >= 4 is 11.6 Å². The number of aromatic nitrogens is 2. The van der Waals surface area contributed by atoms with Gasteiger partial charge >= 0.3 is 6.18 Å². The highest BCUT2D eigenvalue weighted by Gasteiger charge is 2.47. The summed E-state index contributed by atoms with van der Waals surface area (Å²) in [6, 6.07) is 0.250. The number of aryl methyl sites for hydroxylation is 1. The first kappa shape index (κ1) is 18.7. The van der Waals surface area contributed by atoms with Gasteiger partial charge in [0.25, 0.3) is 0 Å². The Kier molecular flexibility index (Phi) is 4.98. The average Bonchev–Trinajstić information content (AvgIpc) is 2.95. The monoisotopic (exact) mass is 372 g/mol. The van der Waals surface area contributed by atoms with Crippen LogP contribution in [0.4, 0.5) is 18.9 Å². The topological polar surface area (TPSA) is 89.5 Å². The molecule has 0 radical (unpaired) electrons. The van der Waals surface area contributed by atoms with Crippen molar-refractivity contribution in [2.24, 2.45) is 10.7 Å². The molecule has 1 aromatic heterocycles. The number of nitrogens with one attached hydrogen (secondary N) is 2. The third kappa shape index (κ3) is 3.70. The molecule has 2 aliphatic rings. The zero-order valence-corrected chi connectivity index (χ0v) is 14.7. The molecule has 0 aromatic carbocycles. The molecule has 0 spiro atoms. The van der Waals surface area contributed by atoms with E-state index >= 15 is 0 Å². The predicted octanol–water partition coefficient (Wildman–Crippen LogP) is 2.43. The molecule has 0 bridgehead atoms. The van der Waals surface area contributed by atoms with E-state index in [0.717, 1.165) is 24.7 Å². The summed E-state index contributed by atoms with van der Waals surface area (Å²) in [5.74, 6) is 0.164. The Morgan fingerprint density at radius 1 is 1.42 bits per heavy atom. The summed E-state index contributed by atoms with van der Waals surface area (Å²) in [6.45, 7) is 4.78. The fourth-order valence-corrected chi connectivity index (χ4v) is 3.09. The number of guanidine groups is 1. The number of aliphatic imine (C=N–C) groups is 1. The molecule has 3 heterocycles. The molecule has 26 heavy (non-hydrogen) atoms. The Labute approximate surface area is 149 Å². The van der Waals surface area contributed by atoms with Crippen LogP contribution in [0.15, 0.2) is 23.0 Å². The van der Waals surface area contributed by atoms with Gasteiger partial charge in [-0.3, -0.25) is 4.68 Å². The van der Waals surface area contributed by atoms with Crippen LogP contribution in [0.25, 0.3) is 0 Å². The van der Waals surface area contributed by atoms with Gasteiger partial charge in [-0.2, -0.15) is 18.3 Å². The second-order valence-corrected chi connectivity index (χ2v) is 6.52. The predicted molar refractivity (Wildman–Crippen MR) is 91.6 cm³/mol. The lowest BCUT2D eigenvalue weighted by Gasteiger charge is -2.32. The van der Waals surface area contributed by atoms with Crippen molar-refractivity contribution in [1.82, 2.24) is 15.1 Å². The fraction of sp³-hybridized carbons (Fsp3) is 0.625. The van der Waals surface area contributed by atoms with Crippen LogP contribution in [-0.4, -0.2) is 40.8 Å². The Morgan fingerprint density at radius 3 is 2.73 bits per heavy atom. The van der Waals surface area contributed by atoms with Crippen molar-refractivity contribution in [2.75, 3.05) is 18.5 Å². The van der Waals surface area contributed by atoms with Gasteiger partial charge in [-0.25, -0.2) is 4.99 Å². The smallest absolute Gasteiger partial charge is 0.381 e. The Hall–Kier alpha value is -2.07. The maximum atomic E-state index is 13.1. The van der Waals surface area contributed by atoms with Gasteiger partial charge in [-0.15, -0.1) is 0 Å². The standard InChI is InChI=1S/C16H23F3N6O/c1-3-15(20)13(16(17,18)19)8-21-14(23-15)22-12-9-25(24-10(12)2)11-4-6-26-7-5-11/h8-9,11H,3-7,20H2,1-2H3,(H2,21,22,23). The van der Waals surface area contributed by atoms with Gasteiger partial charge in [0, 0.05) is 25.6 Å². The summed E-state index contributed by atoms with van der Waals surface area (Å²) in [5, 5.41) is 10.1. The number of anilines is 1. The van der Waals surface area contributed by atoms with E-state index in [1.165, 1.54) is 0 Å². The minimum Gasteiger partial charge on any atom is -0.381 e. The summed E-state index contributed by atoms with van der Waals surface area (Å²) < 4.78 is 46.7.